The Labute approximate surface area is 352 Å². The number of unbranched alkanes of at least 4 members (excludes halogenated alkanes) is 23. The van der Waals surface area contributed by atoms with Gasteiger partial charge >= 0.3 is 7.82 Å². The SMILES string of the molecule is CCCCCCC/C=C\C/C=C\CCCCCCCCCCCC(=O)NC(COP(=O)(O)OCC[N+](C)(C)C)C(O)/C=C/CC/C=C/CCCCCCCCCC. The topological polar surface area (TPSA) is 105 Å². The zero-order valence-electron chi connectivity index (χ0n) is 37.8. The lowest BCUT2D eigenvalue weighted by atomic mass is 10.1. The number of hydrogen-bond acceptors (Lipinski definition) is 5. The van der Waals surface area contributed by atoms with Gasteiger partial charge in [0.25, 0.3) is 0 Å². The van der Waals surface area contributed by atoms with Gasteiger partial charge < -0.3 is 19.8 Å². The summed E-state index contributed by atoms with van der Waals surface area (Å²) in [6.45, 7) is 4.77. The second-order valence-electron chi connectivity index (χ2n) is 17.1. The summed E-state index contributed by atoms with van der Waals surface area (Å²) in [6, 6.07) is -0.865. The molecule has 9 heteroatoms. The molecule has 0 aliphatic heterocycles. The van der Waals surface area contributed by atoms with E-state index in [9.17, 15) is 19.4 Å². The number of likely N-dealkylation sites (N-methyl/N-ethyl adjacent to an activating group) is 1. The standard InChI is InChI=1S/C48H91N2O6P/c1-6-8-10-12-14-16-18-20-22-23-24-25-26-27-28-30-32-34-36-38-40-42-48(52)49-46(45-56-57(53,54)55-44-43-50(3,4)5)47(51)41-39-37-35-33-31-29-21-19-17-15-13-11-9-7-2/h18,20,23-24,31,33,39,41,46-47,51H,6-17,19,21-22,25-30,32,34-38,40,42-45H2,1-5H3,(H-,49,52,53,54)/p+1/b20-18-,24-23-,33-31+,41-39+. The number of aliphatic hydroxyl groups excluding tert-OH is 1. The van der Waals surface area contributed by atoms with E-state index in [2.05, 4.69) is 55.6 Å². The maximum Gasteiger partial charge on any atom is 0.472 e. The predicted octanol–water partition coefficient (Wildman–Crippen LogP) is 13.2. The highest BCUT2D eigenvalue weighted by Crippen LogP contribution is 2.43. The van der Waals surface area contributed by atoms with Gasteiger partial charge in [0.2, 0.25) is 5.91 Å². The Bertz CT molecular complexity index is 1070. The van der Waals surface area contributed by atoms with Crippen molar-refractivity contribution in [1.29, 1.82) is 0 Å². The summed E-state index contributed by atoms with van der Waals surface area (Å²) in [4.78, 5) is 23.1. The largest absolute Gasteiger partial charge is 0.472 e. The van der Waals surface area contributed by atoms with Gasteiger partial charge in [0.05, 0.1) is 39.9 Å². The summed E-state index contributed by atoms with van der Waals surface area (Å²) >= 11 is 0. The fourth-order valence-electron chi connectivity index (χ4n) is 6.50. The van der Waals surface area contributed by atoms with Crippen LogP contribution in [0.5, 0.6) is 0 Å². The van der Waals surface area contributed by atoms with Crippen molar-refractivity contribution >= 4 is 13.7 Å². The van der Waals surface area contributed by atoms with Crippen LogP contribution < -0.4 is 5.32 Å². The van der Waals surface area contributed by atoms with Gasteiger partial charge in [-0.1, -0.05) is 178 Å². The van der Waals surface area contributed by atoms with Gasteiger partial charge in [0.1, 0.15) is 13.2 Å². The number of allylic oxidation sites excluding steroid dienone is 7. The number of phosphoric acid groups is 1. The van der Waals surface area contributed by atoms with Gasteiger partial charge in [0.15, 0.2) is 0 Å². The lowest BCUT2D eigenvalue weighted by molar-refractivity contribution is -0.870. The van der Waals surface area contributed by atoms with E-state index in [0.29, 0.717) is 17.4 Å². The molecule has 0 fully saturated rings. The lowest BCUT2D eigenvalue weighted by Gasteiger charge is -2.25. The Balaban J connectivity index is 4.39. The maximum atomic E-state index is 12.9. The minimum atomic E-state index is -4.35. The van der Waals surface area contributed by atoms with Crippen LogP contribution in [0.25, 0.3) is 0 Å². The van der Waals surface area contributed by atoms with Gasteiger partial charge in [-0.25, -0.2) is 4.57 Å². The lowest BCUT2D eigenvalue weighted by Crippen LogP contribution is -2.45. The van der Waals surface area contributed by atoms with E-state index >= 15 is 0 Å². The number of phosphoric ester groups is 1. The van der Waals surface area contributed by atoms with Crippen LogP contribution >= 0.6 is 7.82 Å². The predicted molar refractivity (Wildman–Crippen MR) is 244 cm³/mol. The molecule has 0 spiro atoms. The molecule has 3 unspecified atom stereocenters. The summed E-state index contributed by atoms with van der Waals surface area (Å²) < 4.78 is 23.6. The second-order valence-corrected chi connectivity index (χ2v) is 18.6. The molecule has 3 atom stereocenters. The number of carbonyl (C=O) groups excluding carboxylic acids is 1. The van der Waals surface area contributed by atoms with Crippen LogP contribution in [-0.2, 0) is 18.4 Å². The summed E-state index contributed by atoms with van der Waals surface area (Å²) in [5, 5.41) is 13.8. The molecule has 0 aromatic carbocycles. The van der Waals surface area contributed by atoms with Crippen molar-refractivity contribution in [2.75, 3.05) is 40.9 Å². The van der Waals surface area contributed by atoms with Crippen molar-refractivity contribution in [1.82, 2.24) is 5.32 Å². The van der Waals surface area contributed by atoms with Crippen LogP contribution in [0.1, 0.15) is 200 Å². The zero-order valence-corrected chi connectivity index (χ0v) is 38.7. The van der Waals surface area contributed by atoms with Crippen molar-refractivity contribution in [2.24, 2.45) is 0 Å². The van der Waals surface area contributed by atoms with E-state index in [-0.39, 0.29) is 19.1 Å². The van der Waals surface area contributed by atoms with Crippen LogP contribution in [0.4, 0.5) is 0 Å². The van der Waals surface area contributed by atoms with Crippen LogP contribution in [0.2, 0.25) is 0 Å². The molecule has 0 rings (SSSR count). The Kier molecular flexibility index (Phi) is 38.8. The number of quaternary nitrogens is 1. The number of nitrogens with zero attached hydrogens (tertiary/aromatic N) is 1. The average molecular weight is 824 g/mol. The van der Waals surface area contributed by atoms with Gasteiger partial charge in [-0.2, -0.15) is 0 Å². The first-order valence-corrected chi connectivity index (χ1v) is 25.0. The number of amides is 1. The number of aliphatic hydroxyl groups is 1. The Morgan fingerprint density at radius 3 is 1.51 bits per heavy atom. The Hall–Kier alpha value is -1.54. The smallest absolute Gasteiger partial charge is 0.387 e. The Morgan fingerprint density at radius 1 is 0.596 bits per heavy atom. The first-order chi connectivity index (χ1) is 27.5. The second kappa shape index (κ2) is 39.9. The molecular weight excluding hydrogens is 732 g/mol. The van der Waals surface area contributed by atoms with Crippen molar-refractivity contribution in [3.63, 3.8) is 0 Å². The molecular formula is C48H92N2O6P+. The van der Waals surface area contributed by atoms with Crippen molar-refractivity contribution in [3.8, 4) is 0 Å². The van der Waals surface area contributed by atoms with Crippen LogP contribution in [0.15, 0.2) is 48.6 Å². The fourth-order valence-corrected chi connectivity index (χ4v) is 7.23. The Morgan fingerprint density at radius 2 is 1.02 bits per heavy atom. The maximum absolute atomic E-state index is 12.9. The monoisotopic (exact) mass is 824 g/mol. The first-order valence-electron chi connectivity index (χ1n) is 23.5. The molecule has 0 aliphatic rings. The van der Waals surface area contributed by atoms with Crippen molar-refractivity contribution in [3.05, 3.63) is 48.6 Å². The van der Waals surface area contributed by atoms with E-state index in [1.165, 1.54) is 135 Å². The van der Waals surface area contributed by atoms with Crippen molar-refractivity contribution < 1.29 is 32.9 Å². The molecule has 0 aliphatic carbocycles. The molecule has 0 radical (unpaired) electrons. The van der Waals surface area contributed by atoms with Crippen LogP contribution in [-0.4, -0.2) is 73.4 Å². The van der Waals surface area contributed by atoms with E-state index in [1.54, 1.807) is 6.08 Å². The minimum Gasteiger partial charge on any atom is -0.387 e. The molecule has 0 saturated carbocycles. The third kappa shape index (κ3) is 42.4. The van der Waals surface area contributed by atoms with Crippen LogP contribution in [0, 0.1) is 0 Å². The third-order valence-corrected chi connectivity index (χ3v) is 11.3. The van der Waals surface area contributed by atoms with Crippen LogP contribution in [0.3, 0.4) is 0 Å². The van der Waals surface area contributed by atoms with Gasteiger partial charge in [0, 0.05) is 6.42 Å². The quantitative estimate of drug-likeness (QED) is 0.0245. The normalized spacial score (nSPS) is 14.7. The number of hydrogen-bond donors (Lipinski definition) is 3. The van der Waals surface area contributed by atoms with Gasteiger partial charge in [-0.15, -0.1) is 0 Å². The molecule has 334 valence electrons. The van der Waals surface area contributed by atoms with Gasteiger partial charge in [-0.3, -0.25) is 13.8 Å². The summed E-state index contributed by atoms with van der Waals surface area (Å²) in [7, 11) is 1.55. The minimum absolute atomic E-state index is 0.0541. The highest BCUT2D eigenvalue weighted by molar-refractivity contribution is 7.47. The fraction of sp³-hybridized carbons (Fsp3) is 0.812. The molecule has 0 aromatic rings. The molecule has 0 heterocycles. The molecule has 57 heavy (non-hydrogen) atoms. The summed E-state index contributed by atoms with van der Waals surface area (Å²) in [6.07, 6.45) is 50.4. The van der Waals surface area contributed by atoms with E-state index in [1.807, 2.05) is 27.2 Å². The van der Waals surface area contributed by atoms with E-state index < -0.39 is 20.0 Å². The third-order valence-electron chi connectivity index (χ3n) is 10.3. The number of carbonyl (C=O) groups is 1. The average Bonchev–Trinajstić information content (AvgIpc) is 3.16. The van der Waals surface area contributed by atoms with E-state index in [0.717, 1.165) is 44.9 Å². The molecule has 1 amide bonds. The number of nitrogens with one attached hydrogen (secondary N) is 1. The zero-order chi connectivity index (χ0) is 42.1. The highest BCUT2D eigenvalue weighted by Gasteiger charge is 2.27. The summed E-state index contributed by atoms with van der Waals surface area (Å²) in [5.74, 6) is -0.193. The van der Waals surface area contributed by atoms with Crippen molar-refractivity contribution in [2.45, 2.75) is 212 Å². The number of rotatable bonds is 42. The molecule has 0 saturated heterocycles. The molecule has 0 aromatic heterocycles. The summed E-state index contributed by atoms with van der Waals surface area (Å²) in [5.41, 5.74) is 0. The molecule has 8 nitrogen and oxygen atoms in total. The first kappa shape index (κ1) is 55.5. The molecule has 3 N–H and O–H groups in total. The van der Waals surface area contributed by atoms with Gasteiger partial charge in [-0.05, 0) is 64.2 Å². The molecule has 0 bridgehead atoms. The highest BCUT2D eigenvalue weighted by atomic mass is 31.2. The van der Waals surface area contributed by atoms with E-state index in [4.69, 9.17) is 9.05 Å².